The Hall–Kier alpha value is -0.490. The van der Waals surface area contributed by atoms with Crippen molar-refractivity contribution < 1.29 is 0 Å². The molecular weight excluding hydrogens is 244 g/mol. The van der Waals surface area contributed by atoms with Crippen LogP contribution in [0, 0.1) is 5.92 Å². The highest BCUT2D eigenvalue weighted by Gasteiger charge is 2.10. The van der Waals surface area contributed by atoms with Crippen LogP contribution in [0.3, 0.4) is 0 Å². The molecule has 0 fully saturated rings. The summed E-state index contributed by atoms with van der Waals surface area (Å²) >= 11 is 1.66. The predicted octanol–water partition coefficient (Wildman–Crippen LogP) is 1.62. The average molecular weight is 270 g/mol. The van der Waals surface area contributed by atoms with Gasteiger partial charge in [-0.25, -0.2) is 4.98 Å². The van der Waals surface area contributed by atoms with E-state index in [1.807, 2.05) is 0 Å². The first-order valence-electron chi connectivity index (χ1n) is 6.51. The van der Waals surface area contributed by atoms with Gasteiger partial charge >= 0.3 is 0 Å². The molecule has 0 aliphatic carbocycles. The van der Waals surface area contributed by atoms with Crippen molar-refractivity contribution in [1.82, 2.24) is 14.8 Å². The highest BCUT2D eigenvalue weighted by molar-refractivity contribution is 7.09. The molecule has 0 aliphatic rings. The average Bonchev–Trinajstić information content (AvgIpc) is 2.73. The summed E-state index contributed by atoms with van der Waals surface area (Å²) in [5.41, 5.74) is 6.75. The van der Waals surface area contributed by atoms with Crippen molar-refractivity contribution in [2.75, 3.05) is 33.7 Å². The topological polar surface area (TPSA) is 45.4 Å². The summed E-state index contributed by atoms with van der Waals surface area (Å²) in [6, 6.07) is 0. The van der Waals surface area contributed by atoms with E-state index < -0.39 is 0 Å². The maximum absolute atomic E-state index is 5.60. The van der Waals surface area contributed by atoms with E-state index in [1.54, 1.807) is 11.3 Å². The third-order valence-corrected chi connectivity index (χ3v) is 3.57. The molecule has 0 aliphatic heterocycles. The number of rotatable bonds is 8. The van der Waals surface area contributed by atoms with E-state index in [1.165, 1.54) is 0 Å². The lowest BCUT2D eigenvalue weighted by atomic mass is 10.2. The second-order valence-corrected chi connectivity index (χ2v) is 6.31. The van der Waals surface area contributed by atoms with Gasteiger partial charge in [0, 0.05) is 38.1 Å². The zero-order valence-electron chi connectivity index (χ0n) is 12.0. The number of hydrogen-bond donors (Lipinski definition) is 1. The van der Waals surface area contributed by atoms with Gasteiger partial charge in [-0.1, -0.05) is 13.8 Å². The van der Waals surface area contributed by atoms with Gasteiger partial charge in [0.05, 0.1) is 5.69 Å². The fourth-order valence-corrected chi connectivity index (χ4v) is 2.50. The van der Waals surface area contributed by atoms with Crippen LogP contribution >= 0.6 is 11.3 Å². The summed E-state index contributed by atoms with van der Waals surface area (Å²) in [5.74, 6) is 0.680. The number of hydrogen-bond acceptors (Lipinski definition) is 5. The van der Waals surface area contributed by atoms with Crippen molar-refractivity contribution >= 4 is 11.3 Å². The van der Waals surface area contributed by atoms with Crippen molar-refractivity contribution in [1.29, 1.82) is 0 Å². The lowest BCUT2D eigenvalue weighted by molar-refractivity contribution is 0.210. The maximum atomic E-state index is 5.60. The first kappa shape index (κ1) is 15.6. The van der Waals surface area contributed by atoms with Gasteiger partial charge in [0.15, 0.2) is 0 Å². The molecule has 0 saturated heterocycles. The molecule has 1 heterocycles. The summed E-state index contributed by atoms with van der Waals surface area (Å²) in [4.78, 5) is 9.24. The van der Waals surface area contributed by atoms with Crippen LogP contribution in [0.2, 0.25) is 0 Å². The second kappa shape index (κ2) is 7.84. The molecule has 1 rings (SSSR count). The highest BCUT2D eigenvalue weighted by atomic mass is 32.1. The predicted molar refractivity (Wildman–Crippen MR) is 78.7 cm³/mol. The van der Waals surface area contributed by atoms with Crippen LogP contribution in [-0.2, 0) is 13.1 Å². The minimum absolute atomic E-state index is 0.548. The van der Waals surface area contributed by atoms with Gasteiger partial charge in [0.25, 0.3) is 0 Å². The zero-order valence-corrected chi connectivity index (χ0v) is 12.8. The Morgan fingerprint density at radius 1 is 1.33 bits per heavy atom. The van der Waals surface area contributed by atoms with Gasteiger partial charge in [-0.3, -0.25) is 4.90 Å². The van der Waals surface area contributed by atoms with Gasteiger partial charge in [-0.15, -0.1) is 11.3 Å². The molecule has 1 aromatic heterocycles. The Bertz CT molecular complexity index is 335. The molecule has 104 valence electrons. The van der Waals surface area contributed by atoms with Crippen LogP contribution in [0.15, 0.2) is 5.38 Å². The van der Waals surface area contributed by atoms with E-state index in [2.05, 4.69) is 48.1 Å². The summed E-state index contributed by atoms with van der Waals surface area (Å²) < 4.78 is 0. The molecular formula is C13H26N4S. The molecule has 0 radical (unpaired) electrons. The van der Waals surface area contributed by atoms with Crippen LogP contribution in [0.1, 0.15) is 24.5 Å². The number of thiazole rings is 1. The Morgan fingerprint density at radius 2 is 2.06 bits per heavy atom. The van der Waals surface area contributed by atoms with E-state index >= 15 is 0 Å². The smallest absolute Gasteiger partial charge is 0.106 e. The quantitative estimate of drug-likeness (QED) is 0.780. The Labute approximate surface area is 115 Å². The van der Waals surface area contributed by atoms with Crippen LogP contribution in [0.4, 0.5) is 0 Å². The van der Waals surface area contributed by atoms with E-state index in [-0.39, 0.29) is 0 Å². The molecule has 0 amide bonds. The fraction of sp³-hybridized carbons (Fsp3) is 0.769. The molecule has 0 bridgehead atoms. The van der Waals surface area contributed by atoms with Gasteiger partial charge in [0.1, 0.15) is 5.01 Å². The van der Waals surface area contributed by atoms with Gasteiger partial charge in [-0.05, 0) is 20.0 Å². The molecule has 0 spiro atoms. The molecule has 18 heavy (non-hydrogen) atoms. The molecule has 0 unspecified atom stereocenters. The first-order valence-corrected chi connectivity index (χ1v) is 7.39. The first-order chi connectivity index (χ1) is 8.51. The summed E-state index contributed by atoms with van der Waals surface area (Å²) in [6.07, 6.45) is 0. The minimum Gasteiger partial charge on any atom is -0.325 e. The molecule has 0 atom stereocenters. The highest BCUT2D eigenvalue weighted by Crippen LogP contribution is 2.12. The third-order valence-electron chi connectivity index (χ3n) is 2.65. The van der Waals surface area contributed by atoms with Gasteiger partial charge < -0.3 is 10.6 Å². The number of nitrogens with zero attached hydrogens (tertiary/aromatic N) is 3. The van der Waals surface area contributed by atoms with Crippen molar-refractivity contribution in [2.24, 2.45) is 11.7 Å². The number of aromatic nitrogens is 1. The van der Waals surface area contributed by atoms with E-state index in [9.17, 15) is 0 Å². The van der Waals surface area contributed by atoms with E-state index in [0.717, 1.165) is 36.9 Å². The van der Waals surface area contributed by atoms with Crippen LogP contribution in [0.25, 0.3) is 0 Å². The maximum Gasteiger partial charge on any atom is 0.106 e. The van der Waals surface area contributed by atoms with Crippen molar-refractivity contribution in [3.8, 4) is 0 Å². The van der Waals surface area contributed by atoms with Crippen LogP contribution in [-0.4, -0.2) is 48.5 Å². The zero-order chi connectivity index (χ0) is 13.5. The molecule has 1 aromatic rings. The number of likely N-dealkylation sites (N-methyl/N-ethyl adjacent to an activating group) is 1. The SMILES string of the molecule is CC(C)CN(CCN(C)C)Cc1csc(CN)n1. The second-order valence-electron chi connectivity index (χ2n) is 5.37. The fourth-order valence-electron chi connectivity index (χ4n) is 1.84. The molecule has 4 nitrogen and oxygen atoms in total. The summed E-state index contributed by atoms with van der Waals surface area (Å²) in [7, 11) is 4.23. The van der Waals surface area contributed by atoms with Gasteiger partial charge in [0.2, 0.25) is 0 Å². The Balaban J connectivity index is 2.53. The van der Waals surface area contributed by atoms with Crippen LogP contribution < -0.4 is 5.73 Å². The lowest BCUT2D eigenvalue weighted by Crippen LogP contribution is -2.34. The summed E-state index contributed by atoms with van der Waals surface area (Å²) in [6.45, 7) is 9.28. The van der Waals surface area contributed by atoms with Crippen molar-refractivity contribution in [2.45, 2.75) is 26.9 Å². The lowest BCUT2D eigenvalue weighted by Gasteiger charge is -2.25. The third kappa shape index (κ3) is 5.91. The van der Waals surface area contributed by atoms with Gasteiger partial charge in [-0.2, -0.15) is 0 Å². The molecule has 0 saturated carbocycles. The van der Waals surface area contributed by atoms with Crippen molar-refractivity contribution in [3.63, 3.8) is 0 Å². The molecule has 2 N–H and O–H groups in total. The van der Waals surface area contributed by atoms with Crippen LogP contribution in [0.5, 0.6) is 0 Å². The Kier molecular flexibility index (Phi) is 6.78. The minimum atomic E-state index is 0.548. The van der Waals surface area contributed by atoms with E-state index in [4.69, 9.17) is 5.73 Å². The standard InChI is InChI=1S/C13H26N4S/c1-11(2)8-17(6-5-16(3)4)9-12-10-18-13(7-14)15-12/h10-11H,5-9,14H2,1-4H3. The molecule has 5 heteroatoms. The summed E-state index contributed by atoms with van der Waals surface area (Å²) in [5, 5.41) is 3.16. The largest absolute Gasteiger partial charge is 0.325 e. The number of nitrogens with two attached hydrogens (primary N) is 1. The van der Waals surface area contributed by atoms with E-state index in [0.29, 0.717) is 12.5 Å². The Morgan fingerprint density at radius 3 is 2.56 bits per heavy atom. The van der Waals surface area contributed by atoms with Crippen molar-refractivity contribution in [3.05, 3.63) is 16.1 Å². The monoisotopic (exact) mass is 270 g/mol. The normalized spacial score (nSPS) is 12.0. The molecule has 0 aromatic carbocycles.